The van der Waals surface area contributed by atoms with Gasteiger partial charge in [-0.15, -0.1) is 0 Å². The second-order valence-electron chi connectivity index (χ2n) is 1.49. The van der Waals surface area contributed by atoms with Gasteiger partial charge in [-0.3, -0.25) is 0 Å². The molecule has 4 nitrogen and oxygen atoms in total. The van der Waals surface area contributed by atoms with Gasteiger partial charge in [0.2, 0.25) is 0 Å². The number of methoxy groups -OCH3 is 3. The van der Waals surface area contributed by atoms with Crippen molar-refractivity contribution in [3.05, 3.63) is 0 Å². The summed E-state index contributed by atoms with van der Waals surface area (Å²) in [4.78, 5) is 0. The molecule has 0 aromatic rings. The first-order valence-electron chi connectivity index (χ1n) is 2.80. The Balaban J connectivity index is -0.000000150. The summed E-state index contributed by atoms with van der Waals surface area (Å²) in [5.41, 5.74) is 0. The van der Waals surface area contributed by atoms with E-state index in [9.17, 15) is 17.3 Å². The number of hydrogen-bond acceptors (Lipinski definition) is 3. The van der Waals surface area contributed by atoms with Crippen molar-refractivity contribution >= 4 is 7.25 Å². The summed E-state index contributed by atoms with van der Waals surface area (Å²) >= 11 is 0. The molecule has 0 aliphatic rings. The number of halogens is 4. The zero-order valence-corrected chi connectivity index (χ0v) is 7.89. The van der Waals surface area contributed by atoms with Gasteiger partial charge in [0.15, 0.2) is 0 Å². The molecule has 4 N–H and O–H groups in total. The quantitative estimate of drug-likeness (QED) is 0.440. The topological polar surface area (TPSA) is 64.2 Å². The molecule has 0 unspecified atom stereocenters. The number of ether oxygens (including phenoxy) is 3. The fourth-order valence-electron chi connectivity index (χ4n) is 0.289. The van der Waals surface area contributed by atoms with Crippen LogP contribution in [-0.4, -0.2) is 35.1 Å². The van der Waals surface area contributed by atoms with Crippen molar-refractivity contribution in [1.82, 2.24) is 6.15 Å². The second-order valence-corrected chi connectivity index (χ2v) is 1.49. The highest BCUT2D eigenvalue weighted by atomic mass is 19.5. The SMILES string of the molecule is COC(OC)OC.F[B-](F)(F)F.[NH4+]. The summed E-state index contributed by atoms with van der Waals surface area (Å²) in [6.07, 6.45) is 0. The van der Waals surface area contributed by atoms with Gasteiger partial charge in [-0.05, 0) is 0 Å². The van der Waals surface area contributed by atoms with E-state index in [1.807, 2.05) is 0 Å². The van der Waals surface area contributed by atoms with Crippen LogP contribution in [0, 0.1) is 0 Å². The first-order chi connectivity index (χ1) is 5.35. The maximum Gasteiger partial charge on any atom is 0.673 e. The maximum absolute atomic E-state index is 9.75. The van der Waals surface area contributed by atoms with Crippen LogP contribution in [0.25, 0.3) is 0 Å². The van der Waals surface area contributed by atoms with Gasteiger partial charge in [0.1, 0.15) is 0 Å². The molecule has 0 saturated heterocycles. The molecule has 0 radical (unpaired) electrons. The molecular formula is C4H14BF4NO3. The molecule has 9 heteroatoms. The van der Waals surface area contributed by atoms with Gasteiger partial charge in [-0.2, -0.15) is 0 Å². The molecule has 0 saturated carbocycles. The number of hydrogen-bond donors (Lipinski definition) is 1. The third-order valence-electron chi connectivity index (χ3n) is 0.577. The van der Waals surface area contributed by atoms with Crippen LogP contribution < -0.4 is 6.15 Å². The molecule has 0 fully saturated rings. The number of quaternary nitrogens is 1. The van der Waals surface area contributed by atoms with Gasteiger partial charge >= 0.3 is 7.25 Å². The number of rotatable bonds is 3. The molecular weight excluding hydrogens is 197 g/mol. The van der Waals surface area contributed by atoms with Crippen LogP contribution in [0.2, 0.25) is 0 Å². The molecule has 0 aromatic heterocycles. The molecule has 0 atom stereocenters. The lowest BCUT2D eigenvalue weighted by molar-refractivity contribution is -0.252. The molecule has 84 valence electrons. The molecule has 0 aliphatic heterocycles. The second kappa shape index (κ2) is 9.71. The average molecular weight is 211 g/mol. The lowest BCUT2D eigenvalue weighted by Gasteiger charge is -2.08. The fraction of sp³-hybridized carbons (Fsp3) is 1.00. The van der Waals surface area contributed by atoms with E-state index in [1.54, 1.807) is 0 Å². The molecule has 0 spiro atoms. The Morgan fingerprint density at radius 2 is 1.00 bits per heavy atom. The van der Waals surface area contributed by atoms with E-state index in [0.29, 0.717) is 0 Å². The van der Waals surface area contributed by atoms with E-state index in [4.69, 9.17) is 0 Å². The summed E-state index contributed by atoms with van der Waals surface area (Å²) in [5.74, 6) is 0. The fourth-order valence-corrected chi connectivity index (χ4v) is 0.289. The van der Waals surface area contributed by atoms with Crippen molar-refractivity contribution in [3.63, 3.8) is 0 Å². The van der Waals surface area contributed by atoms with Crippen molar-refractivity contribution in [2.45, 2.75) is 6.48 Å². The van der Waals surface area contributed by atoms with E-state index >= 15 is 0 Å². The van der Waals surface area contributed by atoms with Crippen LogP contribution in [0.15, 0.2) is 0 Å². The van der Waals surface area contributed by atoms with Crippen LogP contribution in [-0.2, 0) is 14.2 Å². The van der Waals surface area contributed by atoms with Crippen LogP contribution in [0.1, 0.15) is 0 Å². The molecule has 0 heterocycles. The van der Waals surface area contributed by atoms with E-state index in [2.05, 4.69) is 14.2 Å². The zero-order valence-electron chi connectivity index (χ0n) is 7.89. The van der Waals surface area contributed by atoms with E-state index in [1.165, 1.54) is 21.3 Å². The van der Waals surface area contributed by atoms with Gasteiger partial charge in [0.25, 0.3) is 6.48 Å². The van der Waals surface area contributed by atoms with Gasteiger partial charge in [-0.1, -0.05) is 0 Å². The molecule has 0 aliphatic carbocycles. The van der Waals surface area contributed by atoms with E-state index < -0.39 is 13.7 Å². The third kappa shape index (κ3) is 34.0. The summed E-state index contributed by atoms with van der Waals surface area (Å²) in [6, 6.07) is 0. The Labute approximate surface area is 73.8 Å². The summed E-state index contributed by atoms with van der Waals surface area (Å²) in [6.45, 7) is -0.514. The van der Waals surface area contributed by atoms with E-state index in [0.717, 1.165) is 0 Å². The minimum absolute atomic E-state index is 0. The van der Waals surface area contributed by atoms with Crippen LogP contribution >= 0.6 is 0 Å². The smallest absolute Gasteiger partial charge is 0.418 e. The predicted octanol–water partition coefficient (Wildman–Crippen LogP) is 1.89. The minimum atomic E-state index is -6.00. The van der Waals surface area contributed by atoms with Gasteiger partial charge in [0.05, 0.1) is 0 Å². The summed E-state index contributed by atoms with van der Waals surface area (Å²) in [5, 5.41) is 0. The van der Waals surface area contributed by atoms with Crippen molar-refractivity contribution < 1.29 is 31.5 Å². The van der Waals surface area contributed by atoms with Crippen LogP contribution in [0.3, 0.4) is 0 Å². The van der Waals surface area contributed by atoms with Crippen molar-refractivity contribution in [1.29, 1.82) is 0 Å². The minimum Gasteiger partial charge on any atom is -0.418 e. The van der Waals surface area contributed by atoms with Gasteiger partial charge in [0, 0.05) is 21.3 Å². The largest absolute Gasteiger partial charge is 0.673 e. The summed E-state index contributed by atoms with van der Waals surface area (Å²) in [7, 11) is -1.47. The standard InChI is InChI=1S/C4H10O3.BF4.H3N/c1-5-4(6-2)7-3;2-1(3,4)5;/h4H,1-3H3;;1H3/q;-1;/p+1. The van der Waals surface area contributed by atoms with Crippen LogP contribution in [0.5, 0.6) is 0 Å². The van der Waals surface area contributed by atoms with Crippen LogP contribution in [0.4, 0.5) is 17.3 Å². The first-order valence-corrected chi connectivity index (χ1v) is 2.80. The monoisotopic (exact) mass is 211 g/mol. The highest BCUT2D eigenvalue weighted by molar-refractivity contribution is 6.50. The highest BCUT2D eigenvalue weighted by Crippen LogP contribution is 2.06. The van der Waals surface area contributed by atoms with Crippen molar-refractivity contribution in [2.75, 3.05) is 21.3 Å². The molecule has 0 aromatic carbocycles. The molecule has 0 amide bonds. The first kappa shape index (κ1) is 18.4. The van der Waals surface area contributed by atoms with Gasteiger partial charge < -0.3 is 37.6 Å². The molecule has 0 rings (SSSR count). The van der Waals surface area contributed by atoms with Gasteiger partial charge in [-0.25, -0.2) is 0 Å². The Kier molecular flexibility index (Phi) is 13.8. The molecule has 0 bridgehead atoms. The van der Waals surface area contributed by atoms with Crippen molar-refractivity contribution in [2.24, 2.45) is 0 Å². The van der Waals surface area contributed by atoms with E-state index in [-0.39, 0.29) is 6.15 Å². The molecule has 13 heavy (non-hydrogen) atoms. The Morgan fingerprint density at radius 3 is 1.00 bits per heavy atom. The normalized spacial score (nSPS) is 10.2. The summed E-state index contributed by atoms with van der Waals surface area (Å²) < 4.78 is 52.8. The van der Waals surface area contributed by atoms with Crippen molar-refractivity contribution in [3.8, 4) is 0 Å². The third-order valence-corrected chi connectivity index (χ3v) is 0.577. The average Bonchev–Trinajstić information content (AvgIpc) is 1.88. The lowest BCUT2D eigenvalue weighted by atomic mass is 10.3. The predicted molar refractivity (Wildman–Crippen MR) is 41.0 cm³/mol. The maximum atomic E-state index is 9.75. The lowest BCUT2D eigenvalue weighted by Crippen LogP contribution is -2.14. The Hall–Kier alpha value is -0.375. The Morgan fingerprint density at radius 1 is 0.846 bits per heavy atom. The highest BCUT2D eigenvalue weighted by Gasteiger charge is 2.20. The Bertz CT molecular complexity index is 88.4. The zero-order chi connectivity index (χ0) is 10.2.